The highest BCUT2D eigenvalue weighted by molar-refractivity contribution is 5.82. The van der Waals surface area contributed by atoms with Gasteiger partial charge in [0.1, 0.15) is 11.6 Å². The highest BCUT2D eigenvalue weighted by Gasteiger charge is 2.47. The van der Waals surface area contributed by atoms with Gasteiger partial charge in [-0.3, -0.25) is 14.9 Å². The summed E-state index contributed by atoms with van der Waals surface area (Å²) in [5.41, 5.74) is 0.754. The quantitative estimate of drug-likeness (QED) is 0.311. The molecule has 4 fully saturated rings. The number of carbonyl (C=O) groups excluding carboxylic acids is 2. The number of nitrogens with one attached hydrogen (secondary N) is 1. The molecule has 232 valence electrons. The van der Waals surface area contributed by atoms with Crippen molar-refractivity contribution >= 4 is 11.6 Å². The molecule has 7 heteroatoms. The van der Waals surface area contributed by atoms with E-state index in [-0.39, 0.29) is 23.8 Å². The van der Waals surface area contributed by atoms with Crippen LogP contribution >= 0.6 is 0 Å². The molecule has 0 radical (unpaired) electrons. The van der Waals surface area contributed by atoms with Crippen LogP contribution in [0.15, 0.2) is 36.4 Å². The van der Waals surface area contributed by atoms with Crippen molar-refractivity contribution in [1.82, 2.24) is 5.32 Å². The van der Waals surface area contributed by atoms with Gasteiger partial charge in [0.05, 0.1) is 37.5 Å². The Labute approximate surface area is 256 Å². The number of ether oxygens (including phenoxy) is 4. The lowest BCUT2D eigenvalue weighted by atomic mass is 9.69. The molecule has 1 N–H and O–H groups in total. The molecule has 2 atom stereocenters. The van der Waals surface area contributed by atoms with Gasteiger partial charge in [-0.05, 0) is 112 Å². The summed E-state index contributed by atoms with van der Waals surface area (Å²) in [6.07, 6.45) is 14.3. The van der Waals surface area contributed by atoms with E-state index in [0.717, 1.165) is 74.0 Å². The number of methoxy groups -OCH3 is 2. The minimum Gasteiger partial charge on any atom is -0.493 e. The van der Waals surface area contributed by atoms with E-state index in [0.29, 0.717) is 37.2 Å². The Morgan fingerprint density at radius 1 is 0.605 bits per heavy atom. The second-order valence-electron chi connectivity index (χ2n) is 13.2. The first-order valence-electron chi connectivity index (χ1n) is 16.5. The molecule has 0 spiro atoms. The van der Waals surface area contributed by atoms with Gasteiger partial charge in [-0.25, -0.2) is 0 Å². The van der Waals surface area contributed by atoms with Crippen molar-refractivity contribution in [2.45, 2.75) is 126 Å². The molecule has 6 rings (SSSR count). The van der Waals surface area contributed by atoms with E-state index in [1.807, 2.05) is 12.1 Å². The van der Waals surface area contributed by atoms with Gasteiger partial charge in [-0.2, -0.15) is 0 Å². The van der Waals surface area contributed by atoms with Gasteiger partial charge < -0.3 is 18.9 Å². The zero-order valence-electron chi connectivity index (χ0n) is 25.9. The molecule has 0 saturated heterocycles. The summed E-state index contributed by atoms with van der Waals surface area (Å²) >= 11 is 0. The molecule has 0 bridgehead atoms. The monoisotopic (exact) mass is 589 g/mol. The molecule has 4 aliphatic rings. The highest BCUT2D eigenvalue weighted by Crippen LogP contribution is 2.47. The normalized spacial score (nSPS) is 26.9. The Morgan fingerprint density at radius 2 is 1.02 bits per heavy atom. The van der Waals surface area contributed by atoms with Crippen molar-refractivity contribution in [1.29, 1.82) is 0 Å². The van der Waals surface area contributed by atoms with Crippen LogP contribution in [0.4, 0.5) is 0 Å². The van der Waals surface area contributed by atoms with E-state index in [9.17, 15) is 9.59 Å². The van der Waals surface area contributed by atoms with E-state index < -0.39 is 11.1 Å². The number of hydrogen-bond acceptors (Lipinski definition) is 7. The van der Waals surface area contributed by atoms with Gasteiger partial charge in [0.2, 0.25) is 0 Å². The van der Waals surface area contributed by atoms with Crippen LogP contribution in [0.25, 0.3) is 0 Å². The fourth-order valence-corrected chi connectivity index (χ4v) is 8.01. The van der Waals surface area contributed by atoms with Crippen LogP contribution in [0.3, 0.4) is 0 Å². The Kier molecular flexibility index (Phi) is 8.99. The molecule has 4 saturated carbocycles. The second kappa shape index (κ2) is 12.9. The number of benzene rings is 2. The lowest BCUT2D eigenvalue weighted by Gasteiger charge is -2.49. The summed E-state index contributed by atoms with van der Waals surface area (Å²) in [7, 11) is 3.35. The summed E-state index contributed by atoms with van der Waals surface area (Å²) < 4.78 is 24.4. The van der Waals surface area contributed by atoms with Crippen molar-refractivity contribution in [2.75, 3.05) is 14.2 Å². The third-order valence-corrected chi connectivity index (χ3v) is 10.2. The van der Waals surface area contributed by atoms with E-state index in [2.05, 4.69) is 29.6 Å². The van der Waals surface area contributed by atoms with Crippen LogP contribution in [0.5, 0.6) is 23.0 Å². The van der Waals surface area contributed by atoms with Crippen molar-refractivity contribution < 1.29 is 28.5 Å². The second-order valence-corrected chi connectivity index (χ2v) is 13.2. The lowest BCUT2D eigenvalue weighted by molar-refractivity contribution is -0.124. The number of carbonyl (C=O) groups is 2. The zero-order valence-corrected chi connectivity index (χ0v) is 25.9. The number of hydrogen-bond donors (Lipinski definition) is 1. The third-order valence-electron chi connectivity index (χ3n) is 10.2. The van der Waals surface area contributed by atoms with Crippen LogP contribution in [0, 0.1) is 0 Å². The van der Waals surface area contributed by atoms with E-state index in [1.165, 1.54) is 25.7 Å². The maximum absolute atomic E-state index is 13.2. The average molecular weight is 590 g/mol. The van der Waals surface area contributed by atoms with Crippen molar-refractivity contribution in [3.63, 3.8) is 0 Å². The first-order valence-corrected chi connectivity index (χ1v) is 16.5. The molecule has 0 amide bonds. The smallest absolute Gasteiger partial charge is 0.161 e. The number of Topliss-reactive ketones (excluding diaryl/α,β-unsaturated/α-hetero) is 2. The minimum absolute atomic E-state index is 0.181. The SMILES string of the molecule is COc1ccc(C2(NC3(c4ccc(OC)c(OC5CCCC5)c4)CCCC(=O)C3)CCCC(=O)C2)cc1OC1CCCC1. The average Bonchev–Trinajstić information content (AvgIpc) is 3.72. The Morgan fingerprint density at radius 3 is 1.40 bits per heavy atom. The maximum atomic E-state index is 13.2. The summed E-state index contributed by atoms with van der Waals surface area (Å²) in [6, 6.07) is 12.3. The molecule has 2 aromatic rings. The van der Waals surface area contributed by atoms with E-state index >= 15 is 0 Å². The lowest BCUT2D eigenvalue weighted by Crippen LogP contribution is -2.58. The van der Waals surface area contributed by atoms with Crippen LogP contribution in [-0.2, 0) is 20.7 Å². The first-order chi connectivity index (χ1) is 20.9. The van der Waals surface area contributed by atoms with E-state index in [4.69, 9.17) is 18.9 Å². The van der Waals surface area contributed by atoms with Gasteiger partial charge in [0.15, 0.2) is 23.0 Å². The first kappa shape index (κ1) is 30.0. The van der Waals surface area contributed by atoms with Crippen LogP contribution < -0.4 is 24.3 Å². The van der Waals surface area contributed by atoms with Crippen molar-refractivity contribution in [3.8, 4) is 23.0 Å². The fraction of sp³-hybridized carbons (Fsp3) is 0.611. The fourth-order valence-electron chi connectivity index (χ4n) is 8.01. The summed E-state index contributed by atoms with van der Waals surface area (Å²) in [5.74, 6) is 3.36. The van der Waals surface area contributed by atoms with Gasteiger partial charge in [0.25, 0.3) is 0 Å². The molecule has 7 nitrogen and oxygen atoms in total. The summed E-state index contributed by atoms with van der Waals surface area (Å²) in [6.45, 7) is 0. The summed E-state index contributed by atoms with van der Waals surface area (Å²) in [4.78, 5) is 26.4. The predicted molar refractivity (Wildman–Crippen MR) is 165 cm³/mol. The van der Waals surface area contributed by atoms with Gasteiger partial charge in [-0.15, -0.1) is 0 Å². The van der Waals surface area contributed by atoms with Gasteiger partial charge in [-0.1, -0.05) is 12.1 Å². The van der Waals surface area contributed by atoms with Gasteiger partial charge in [0, 0.05) is 25.7 Å². The Bertz CT molecular complexity index is 1210. The topological polar surface area (TPSA) is 83.1 Å². The summed E-state index contributed by atoms with van der Waals surface area (Å²) in [5, 5.41) is 4.06. The van der Waals surface area contributed by atoms with Crippen molar-refractivity contribution in [2.24, 2.45) is 0 Å². The molecule has 2 aromatic carbocycles. The van der Waals surface area contributed by atoms with Crippen LogP contribution in [0.2, 0.25) is 0 Å². The third kappa shape index (κ3) is 6.43. The number of ketones is 2. The van der Waals surface area contributed by atoms with Crippen LogP contribution in [0.1, 0.15) is 114 Å². The predicted octanol–water partition coefficient (Wildman–Crippen LogP) is 7.31. The molecule has 2 unspecified atom stereocenters. The molecule has 43 heavy (non-hydrogen) atoms. The zero-order chi connectivity index (χ0) is 29.9. The van der Waals surface area contributed by atoms with Gasteiger partial charge >= 0.3 is 0 Å². The maximum Gasteiger partial charge on any atom is 0.161 e. The molecular weight excluding hydrogens is 542 g/mol. The van der Waals surface area contributed by atoms with Crippen LogP contribution in [-0.4, -0.2) is 38.0 Å². The van der Waals surface area contributed by atoms with E-state index in [1.54, 1.807) is 14.2 Å². The molecule has 0 aromatic heterocycles. The standard InChI is InChI=1S/C36H47NO6/c1-40-31-17-15-25(21-33(31)42-29-11-3-4-12-29)35(19-7-9-27(38)23-35)37-36(20-8-10-28(39)24-36)26-16-18-32(41-2)34(22-26)43-30-13-5-6-14-30/h15-18,21-22,29-30,37H,3-14,19-20,23-24H2,1-2H3. The molecule has 4 aliphatic carbocycles. The Hall–Kier alpha value is -3.06. The number of rotatable bonds is 10. The largest absolute Gasteiger partial charge is 0.493 e. The molecular formula is C36H47NO6. The molecule has 0 aliphatic heterocycles. The Balaban J connectivity index is 1.41. The minimum atomic E-state index is -0.639. The highest BCUT2D eigenvalue weighted by atomic mass is 16.5. The molecule has 0 heterocycles. The van der Waals surface area contributed by atoms with Crippen molar-refractivity contribution in [3.05, 3.63) is 47.5 Å².